The topological polar surface area (TPSA) is 42.2 Å². The van der Waals surface area contributed by atoms with Crippen LogP contribution in [0.5, 0.6) is 0 Å². The first-order valence-corrected chi connectivity index (χ1v) is 8.50. The molecule has 0 radical (unpaired) electrons. The van der Waals surface area contributed by atoms with Crippen molar-refractivity contribution in [3.63, 3.8) is 0 Å². The number of halogens is 1. The lowest BCUT2D eigenvalue weighted by molar-refractivity contribution is 0.866. The second-order valence-corrected chi connectivity index (χ2v) is 7.13. The Hall–Kier alpha value is -0.910. The maximum atomic E-state index is 5.91. The van der Waals surface area contributed by atoms with E-state index in [1.165, 1.54) is 22.6 Å². The number of fused-ring (bicyclic) bond motifs is 1. The fourth-order valence-corrected chi connectivity index (χ4v) is 4.24. The molecule has 2 heterocycles. The number of nitrogens with zero attached hydrogens (tertiary/aromatic N) is 2. The van der Waals surface area contributed by atoms with E-state index in [0.29, 0.717) is 6.54 Å². The highest BCUT2D eigenvalue weighted by Gasteiger charge is 2.18. The number of rotatable bonds is 4. The van der Waals surface area contributed by atoms with Gasteiger partial charge in [0, 0.05) is 39.6 Å². The standard InChI is InChI=1S/C15H18BrN3S/c1-19(8-13-6-12(16)9-20-13)15-11(7-17)5-10-3-2-4-14(10)18-15/h5-6,9H,2-4,7-8,17H2,1H3. The summed E-state index contributed by atoms with van der Waals surface area (Å²) in [5.41, 5.74) is 9.72. The van der Waals surface area contributed by atoms with Gasteiger partial charge in [-0.1, -0.05) is 0 Å². The molecule has 0 atom stereocenters. The Kier molecular flexibility index (Phi) is 4.10. The van der Waals surface area contributed by atoms with Gasteiger partial charge >= 0.3 is 0 Å². The van der Waals surface area contributed by atoms with Gasteiger partial charge < -0.3 is 10.6 Å². The predicted molar refractivity (Wildman–Crippen MR) is 88.3 cm³/mol. The molecule has 2 N–H and O–H groups in total. The summed E-state index contributed by atoms with van der Waals surface area (Å²) in [7, 11) is 2.09. The molecular weight excluding hydrogens is 334 g/mol. The van der Waals surface area contributed by atoms with Gasteiger partial charge in [0.25, 0.3) is 0 Å². The SMILES string of the molecule is CN(Cc1cc(Br)cs1)c1nc2c(cc1CN)CCC2. The number of aryl methyl sites for hydroxylation is 2. The molecule has 0 aliphatic heterocycles. The molecule has 106 valence electrons. The van der Waals surface area contributed by atoms with Gasteiger partial charge in [-0.05, 0) is 52.9 Å². The van der Waals surface area contributed by atoms with Crippen LogP contribution in [0.4, 0.5) is 5.82 Å². The number of aromatic nitrogens is 1. The maximum absolute atomic E-state index is 5.91. The number of hydrogen-bond donors (Lipinski definition) is 1. The van der Waals surface area contributed by atoms with E-state index in [9.17, 15) is 0 Å². The van der Waals surface area contributed by atoms with Gasteiger partial charge in [0.05, 0.1) is 6.54 Å². The summed E-state index contributed by atoms with van der Waals surface area (Å²) in [6.45, 7) is 1.42. The molecule has 20 heavy (non-hydrogen) atoms. The van der Waals surface area contributed by atoms with Gasteiger partial charge in [-0.15, -0.1) is 11.3 Å². The zero-order valence-corrected chi connectivity index (χ0v) is 13.9. The van der Waals surface area contributed by atoms with Crippen LogP contribution in [0.3, 0.4) is 0 Å². The molecule has 0 amide bonds. The normalized spacial score (nSPS) is 13.6. The monoisotopic (exact) mass is 351 g/mol. The Bertz CT molecular complexity index is 624. The van der Waals surface area contributed by atoms with Crippen molar-refractivity contribution in [1.29, 1.82) is 0 Å². The van der Waals surface area contributed by atoms with Crippen molar-refractivity contribution in [2.75, 3.05) is 11.9 Å². The van der Waals surface area contributed by atoms with Gasteiger partial charge in [-0.2, -0.15) is 0 Å². The smallest absolute Gasteiger partial charge is 0.133 e. The molecule has 2 aromatic heterocycles. The summed E-state index contributed by atoms with van der Waals surface area (Å²) in [4.78, 5) is 8.40. The zero-order chi connectivity index (χ0) is 14.1. The summed E-state index contributed by atoms with van der Waals surface area (Å²) in [5, 5.41) is 2.11. The third-order valence-electron chi connectivity index (χ3n) is 3.70. The number of anilines is 1. The van der Waals surface area contributed by atoms with Crippen LogP contribution in [0.1, 0.15) is 28.1 Å². The molecular formula is C15H18BrN3S. The molecule has 0 saturated carbocycles. The molecule has 1 aliphatic carbocycles. The van der Waals surface area contributed by atoms with E-state index >= 15 is 0 Å². The summed E-state index contributed by atoms with van der Waals surface area (Å²) in [5.74, 6) is 1.04. The molecule has 1 aliphatic rings. The molecule has 0 unspecified atom stereocenters. The maximum Gasteiger partial charge on any atom is 0.133 e. The first-order valence-electron chi connectivity index (χ1n) is 6.83. The minimum Gasteiger partial charge on any atom is -0.354 e. The van der Waals surface area contributed by atoms with Gasteiger partial charge in [-0.3, -0.25) is 0 Å². The number of hydrogen-bond acceptors (Lipinski definition) is 4. The lowest BCUT2D eigenvalue weighted by atomic mass is 10.1. The lowest BCUT2D eigenvalue weighted by Gasteiger charge is -2.21. The van der Waals surface area contributed by atoms with E-state index < -0.39 is 0 Å². The van der Waals surface area contributed by atoms with Crippen molar-refractivity contribution in [2.45, 2.75) is 32.4 Å². The molecule has 0 aromatic carbocycles. The Morgan fingerprint density at radius 2 is 2.25 bits per heavy atom. The third-order valence-corrected chi connectivity index (χ3v) is 5.39. The average Bonchev–Trinajstić information content (AvgIpc) is 3.05. The minimum absolute atomic E-state index is 0.550. The summed E-state index contributed by atoms with van der Waals surface area (Å²) in [6.07, 6.45) is 3.47. The first kappa shape index (κ1) is 14.0. The van der Waals surface area contributed by atoms with Gasteiger partial charge in [0.2, 0.25) is 0 Å². The van der Waals surface area contributed by atoms with Crippen molar-refractivity contribution >= 4 is 33.1 Å². The molecule has 0 fully saturated rings. The fraction of sp³-hybridized carbons (Fsp3) is 0.400. The largest absolute Gasteiger partial charge is 0.354 e. The van der Waals surface area contributed by atoms with Crippen LogP contribution in [0.25, 0.3) is 0 Å². The molecule has 5 heteroatoms. The third kappa shape index (κ3) is 2.75. The van der Waals surface area contributed by atoms with E-state index in [2.05, 4.69) is 45.4 Å². The van der Waals surface area contributed by atoms with Crippen LogP contribution in [0.2, 0.25) is 0 Å². The van der Waals surface area contributed by atoms with E-state index in [1.54, 1.807) is 11.3 Å². The van der Waals surface area contributed by atoms with Crippen molar-refractivity contribution in [3.05, 3.63) is 43.7 Å². The van der Waals surface area contributed by atoms with Crippen molar-refractivity contribution in [3.8, 4) is 0 Å². The Morgan fingerprint density at radius 1 is 1.40 bits per heavy atom. The van der Waals surface area contributed by atoms with E-state index in [-0.39, 0.29) is 0 Å². The Labute approximate surface area is 131 Å². The van der Waals surface area contributed by atoms with Gasteiger partial charge in [0.15, 0.2) is 0 Å². The van der Waals surface area contributed by atoms with Crippen LogP contribution < -0.4 is 10.6 Å². The predicted octanol–water partition coefficient (Wildman–Crippen LogP) is 3.49. The first-order chi connectivity index (χ1) is 9.67. The quantitative estimate of drug-likeness (QED) is 0.916. The Morgan fingerprint density at radius 3 is 2.95 bits per heavy atom. The van der Waals surface area contributed by atoms with Crippen molar-refractivity contribution in [2.24, 2.45) is 5.73 Å². The molecule has 0 bridgehead atoms. The van der Waals surface area contributed by atoms with Crippen LogP contribution >= 0.6 is 27.3 Å². The van der Waals surface area contributed by atoms with Crippen LogP contribution in [0.15, 0.2) is 22.0 Å². The second-order valence-electron chi connectivity index (χ2n) is 5.22. The summed E-state index contributed by atoms with van der Waals surface area (Å²) in [6, 6.07) is 4.42. The van der Waals surface area contributed by atoms with E-state index in [1.807, 2.05) is 0 Å². The number of pyridine rings is 1. The second kappa shape index (κ2) is 5.84. The van der Waals surface area contributed by atoms with Crippen LogP contribution in [0, 0.1) is 0 Å². The van der Waals surface area contributed by atoms with E-state index in [4.69, 9.17) is 10.7 Å². The van der Waals surface area contributed by atoms with Gasteiger partial charge in [0.1, 0.15) is 5.82 Å². The highest BCUT2D eigenvalue weighted by Crippen LogP contribution is 2.28. The van der Waals surface area contributed by atoms with Crippen LogP contribution in [-0.4, -0.2) is 12.0 Å². The number of thiophene rings is 1. The molecule has 2 aromatic rings. The van der Waals surface area contributed by atoms with Crippen molar-refractivity contribution in [1.82, 2.24) is 4.98 Å². The van der Waals surface area contributed by atoms with E-state index in [0.717, 1.165) is 35.2 Å². The summed E-state index contributed by atoms with van der Waals surface area (Å²) < 4.78 is 1.15. The van der Waals surface area contributed by atoms with Crippen LogP contribution in [-0.2, 0) is 25.9 Å². The van der Waals surface area contributed by atoms with Gasteiger partial charge in [-0.25, -0.2) is 4.98 Å². The molecule has 0 spiro atoms. The van der Waals surface area contributed by atoms with Crippen molar-refractivity contribution < 1.29 is 0 Å². The highest BCUT2D eigenvalue weighted by atomic mass is 79.9. The molecule has 3 nitrogen and oxygen atoms in total. The lowest BCUT2D eigenvalue weighted by Crippen LogP contribution is -2.20. The Balaban J connectivity index is 1.88. The highest BCUT2D eigenvalue weighted by molar-refractivity contribution is 9.10. The fourth-order valence-electron chi connectivity index (χ4n) is 2.73. The summed E-state index contributed by atoms with van der Waals surface area (Å²) >= 11 is 5.27. The number of nitrogens with two attached hydrogens (primary N) is 1. The molecule has 3 rings (SSSR count). The zero-order valence-electron chi connectivity index (χ0n) is 11.5. The average molecular weight is 352 g/mol. The minimum atomic E-state index is 0.550. The molecule has 0 saturated heterocycles.